The third kappa shape index (κ3) is 3.70. The van der Waals surface area contributed by atoms with E-state index in [0.29, 0.717) is 20.6 Å². The van der Waals surface area contributed by atoms with Crippen molar-refractivity contribution in [3.63, 3.8) is 0 Å². The van der Waals surface area contributed by atoms with Crippen molar-refractivity contribution in [1.82, 2.24) is 4.57 Å². The third-order valence-corrected chi connectivity index (χ3v) is 8.02. The van der Waals surface area contributed by atoms with E-state index in [9.17, 15) is 9.59 Å². The molecule has 4 heterocycles. The summed E-state index contributed by atoms with van der Waals surface area (Å²) < 4.78 is 2.27. The SMILES string of the molecule is CC1=C(C(=O)Nc2ccccc2C)[C@@H](c2cccs2)n2c(s/c(=C/c3cccs3)c2=O)=N1. The zero-order valence-electron chi connectivity index (χ0n) is 17.4. The van der Waals surface area contributed by atoms with Crippen LogP contribution in [-0.2, 0) is 4.79 Å². The number of allylic oxidation sites excluding steroid dienone is 1. The number of fused-ring (bicyclic) bond motifs is 1. The summed E-state index contributed by atoms with van der Waals surface area (Å²) >= 11 is 4.47. The molecule has 3 aromatic heterocycles. The molecule has 0 aliphatic carbocycles. The topological polar surface area (TPSA) is 63.5 Å². The Balaban J connectivity index is 1.66. The number of aryl methyl sites for hydroxylation is 1. The molecule has 0 bridgehead atoms. The van der Waals surface area contributed by atoms with Gasteiger partial charge in [-0.2, -0.15) is 0 Å². The van der Waals surface area contributed by atoms with Crippen LogP contribution in [0.15, 0.2) is 80.3 Å². The van der Waals surface area contributed by atoms with Crippen molar-refractivity contribution >= 4 is 51.7 Å². The van der Waals surface area contributed by atoms with Gasteiger partial charge in [0.1, 0.15) is 6.04 Å². The maximum atomic E-state index is 13.5. The molecule has 1 atom stereocenters. The zero-order valence-corrected chi connectivity index (χ0v) is 19.8. The Morgan fingerprint density at radius 2 is 1.84 bits per heavy atom. The minimum absolute atomic E-state index is 0.130. The average molecular weight is 478 g/mol. The van der Waals surface area contributed by atoms with Crippen molar-refractivity contribution in [3.8, 4) is 0 Å². The van der Waals surface area contributed by atoms with Gasteiger partial charge in [0.05, 0.1) is 15.8 Å². The summed E-state index contributed by atoms with van der Waals surface area (Å²) in [6.07, 6.45) is 1.90. The first-order valence-electron chi connectivity index (χ1n) is 9.99. The van der Waals surface area contributed by atoms with Crippen molar-refractivity contribution in [2.45, 2.75) is 19.9 Å². The van der Waals surface area contributed by atoms with Gasteiger partial charge < -0.3 is 5.32 Å². The number of para-hydroxylation sites is 1. The van der Waals surface area contributed by atoms with Gasteiger partial charge in [-0.15, -0.1) is 22.7 Å². The Hall–Kier alpha value is -3.07. The number of amides is 1. The molecule has 1 aliphatic heterocycles. The number of nitrogens with one attached hydrogen (secondary N) is 1. The van der Waals surface area contributed by atoms with Gasteiger partial charge in [0.15, 0.2) is 4.80 Å². The largest absolute Gasteiger partial charge is 0.322 e. The molecule has 8 heteroatoms. The molecular formula is C24H19N3O2S3. The second-order valence-corrected chi connectivity index (χ2v) is 10.3. The number of benzene rings is 1. The first-order valence-corrected chi connectivity index (χ1v) is 12.6. The zero-order chi connectivity index (χ0) is 22.2. The van der Waals surface area contributed by atoms with E-state index in [0.717, 1.165) is 21.0 Å². The molecule has 5 rings (SSSR count). The molecule has 5 nitrogen and oxygen atoms in total. The fraction of sp³-hybridized carbons (Fsp3) is 0.125. The molecule has 160 valence electrons. The first kappa shape index (κ1) is 20.8. The number of thiazole rings is 1. The van der Waals surface area contributed by atoms with E-state index in [1.807, 2.05) is 79.2 Å². The number of thiophene rings is 2. The predicted molar refractivity (Wildman–Crippen MR) is 132 cm³/mol. The van der Waals surface area contributed by atoms with E-state index in [1.165, 1.54) is 22.7 Å². The highest BCUT2D eigenvalue weighted by molar-refractivity contribution is 7.11. The maximum absolute atomic E-state index is 13.5. The summed E-state index contributed by atoms with van der Waals surface area (Å²) in [4.78, 5) is 34.2. The highest BCUT2D eigenvalue weighted by atomic mass is 32.1. The molecule has 0 radical (unpaired) electrons. The molecule has 4 aromatic rings. The van der Waals surface area contributed by atoms with Gasteiger partial charge in [0.25, 0.3) is 11.5 Å². The van der Waals surface area contributed by atoms with Crippen molar-refractivity contribution in [2.24, 2.45) is 4.99 Å². The van der Waals surface area contributed by atoms with Crippen LogP contribution < -0.4 is 20.2 Å². The third-order valence-electron chi connectivity index (χ3n) is 5.29. The van der Waals surface area contributed by atoms with Gasteiger partial charge in [0.2, 0.25) is 0 Å². The predicted octanol–water partition coefficient (Wildman–Crippen LogP) is 4.31. The van der Waals surface area contributed by atoms with E-state index in [1.54, 1.807) is 15.9 Å². The van der Waals surface area contributed by atoms with Crippen LogP contribution in [0.3, 0.4) is 0 Å². The van der Waals surface area contributed by atoms with E-state index in [-0.39, 0.29) is 11.5 Å². The number of hydrogen-bond acceptors (Lipinski definition) is 6. The fourth-order valence-electron chi connectivity index (χ4n) is 3.73. The van der Waals surface area contributed by atoms with Crippen LogP contribution in [0.1, 0.15) is 28.3 Å². The van der Waals surface area contributed by atoms with Crippen molar-refractivity contribution in [3.05, 3.63) is 106 Å². The van der Waals surface area contributed by atoms with Crippen LogP contribution in [0.5, 0.6) is 0 Å². The fourth-order valence-corrected chi connectivity index (χ4v) is 6.33. The minimum Gasteiger partial charge on any atom is -0.322 e. The molecule has 1 N–H and O–H groups in total. The number of carbonyl (C=O) groups excluding carboxylic acids is 1. The monoisotopic (exact) mass is 477 g/mol. The van der Waals surface area contributed by atoms with Gasteiger partial charge in [-0.25, -0.2) is 4.99 Å². The molecule has 0 saturated carbocycles. The highest BCUT2D eigenvalue weighted by Gasteiger charge is 2.33. The molecule has 32 heavy (non-hydrogen) atoms. The molecular weight excluding hydrogens is 458 g/mol. The number of rotatable bonds is 4. The molecule has 0 spiro atoms. The lowest BCUT2D eigenvalue weighted by molar-refractivity contribution is -0.113. The van der Waals surface area contributed by atoms with E-state index < -0.39 is 6.04 Å². The molecule has 0 unspecified atom stereocenters. The van der Waals surface area contributed by atoms with E-state index in [4.69, 9.17) is 0 Å². The Morgan fingerprint density at radius 1 is 1.06 bits per heavy atom. The van der Waals surface area contributed by atoms with Crippen molar-refractivity contribution in [1.29, 1.82) is 0 Å². The van der Waals surface area contributed by atoms with Gasteiger partial charge in [-0.3, -0.25) is 14.2 Å². The highest BCUT2D eigenvalue weighted by Crippen LogP contribution is 2.33. The first-order chi connectivity index (χ1) is 15.5. The van der Waals surface area contributed by atoms with Gasteiger partial charge in [-0.05, 0) is 54.4 Å². The Morgan fingerprint density at radius 3 is 2.56 bits per heavy atom. The summed E-state index contributed by atoms with van der Waals surface area (Å²) in [6, 6.07) is 15.0. The summed E-state index contributed by atoms with van der Waals surface area (Å²) in [6.45, 7) is 3.79. The summed E-state index contributed by atoms with van der Waals surface area (Å²) in [5, 5.41) is 6.97. The Bertz CT molecular complexity index is 1510. The van der Waals surface area contributed by atoms with Crippen LogP contribution in [0.4, 0.5) is 5.69 Å². The summed E-state index contributed by atoms with van der Waals surface area (Å²) in [5.41, 5.74) is 2.71. The van der Waals surface area contributed by atoms with E-state index >= 15 is 0 Å². The van der Waals surface area contributed by atoms with Crippen LogP contribution in [0.25, 0.3) is 6.08 Å². The standard InChI is InChI=1S/C24H19N3O2S3/c1-14-7-3-4-9-17(14)26-22(28)20-15(2)25-24-27(21(20)18-10-6-12-31-18)23(29)19(32-24)13-16-8-5-11-30-16/h3-13,21H,1-2H3,(H,26,28)/b19-13+/t21-/m1/s1. The number of aromatic nitrogens is 1. The van der Waals surface area contributed by atoms with Crippen LogP contribution in [0, 0.1) is 6.92 Å². The lowest BCUT2D eigenvalue weighted by Gasteiger charge is -2.24. The summed E-state index contributed by atoms with van der Waals surface area (Å²) in [7, 11) is 0. The average Bonchev–Trinajstić information content (AvgIpc) is 3.52. The van der Waals surface area contributed by atoms with Gasteiger partial charge in [0, 0.05) is 15.4 Å². The molecule has 1 aliphatic rings. The molecule has 0 saturated heterocycles. The van der Waals surface area contributed by atoms with Crippen LogP contribution in [-0.4, -0.2) is 10.5 Å². The van der Waals surface area contributed by atoms with Crippen molar-refractivity contribution in [2.75, 3.05) is 5.32 Å². The minimum atomic E-state index is -0.513. The number of anilines is 1. The molecule has 1 amide bonds. The molecule has 0 fully saturated rings. The Kier molecular flexibility index (Phi) is 5.50. The number of hydrogen-bond donors (Lipinski definition) is 1. The van der Waals surface area contributed by atoms with E-state index in [2.05, 4.69) is 10.3 Å². The van der Waals surface area contributed by atoms with Crippen molar-refractivity contribution < 1.29 is 4.79 Å². The maximum Gasteiger partial charge on any atom is 0.271 e. The van der Waals surface area contributed by atoms with Gasteiger partial charge in [-0.1, -0.05) is 41.7 Å². The lowest BCUT2D eigenvalue weighted by atomic mass is 10.0. The quantitative estimate of drug-likeness (QED) is 0.476. The summed E-state index contributed by atoms with van der Waals surface area (Å²) in [5.74, 6) is -0.244. The normalized spacial score (nSPS) is 16.1. The number of carbonyl (C=O) groups is 1. The van der Waals surface area contributed by atoms with Crippen LogP contribution in [0.2, 0.25) is 0 Å². The lowest BCUT2D eigenvalue weighted by Crippen LogP contribution is -2.40. The smallest absolute Gasteiger partial charge is 0.271 e. The molecule has 1 aromatic carbocycles. The van der Waals surface area contributed by atoms with Gasteiger partial charge >= 0.3 is 0 Å². The second kappa shape index (κ2) is 8.46. The van der Waals surface area contributed by atoms with Crippen LogP contribution >= 0.6 is 34.0 Å². The second-order valence-electron chi connectivity index (χ2n) is 7.38. The Labute approximate surface area is 196 Å². The number of nitrogens with zero attached hydrogens (tertiary/aromatic N) is 2.